The molecule has 29 heavy (non-hydrogen) atoms. The number of nitrogens with zero attached hydrogens (tertiary/aromatic N) is 3. The summed E-state index contributed by atoms with van der Waals surface area (Å²) in [5.41, 5.74) is 8.49. The summed E-state index contributed by atoms with van der Waals surface area (Å²) in [5, 5.41) is 5.20. The van der Waals surface area contributed by atoms with Crippen molar-refractivity contribution in [2.45, 2.75) is 0 Å². The van der Waals surface area contributed by atoms with E-state index in [9.17, 15) is 13.6 Å². The fourth-order valence-corrected chi connectivity index (χ4v) is 3.48. The van der Waals surface area contributed by atoms with Gasteiger partial charge in [0.2, 0.25) is 0 Å². The summed E-state index contributed by atoms with van der Waals surface area (Å²) >= 11 is 1.40. The van der Waals surface area contributed by atoms with Gasteiger partial charge in [-0.25, -0.2) is 23.7 Å². The van der Waals surface area contributed by atoms with Crippen molar-refractivity contribution in [2.75, 3.05) is 11.1 Å². The molecule has 4 aromatic rings. The maximum Gasteiger partial charge on any atom is 0.255 e. The lowest BCUT2D eigenvalue weighted by Crippen LogP contribution is -2.12. The van der Waals surface area contributed by atoms with E-state index >= 15 is 0 Å². The molecule has 6 nitrogen and oxygen atoms in total. The van der Waals surface area contributed by atoms with Gasteiger partial charge in [-0.3, -0.25) is 4.79 Å². The highest BCUT2D eigenvalue weighted by atomic mass is 32.1. The molecule has 3 N–H and O–H groups in total. The Labute approximate surface area is 168 Å². The van der Waals surface area contributed by atoms with Crippen LogP contribution in [0.3, 0.4) is 0 Å². The van der Waals surface area contributed by atoms with Crippen LogP contribution >= 0.6 is 11.3 Å². The minimum atomic E-state index is -1.08. The highest BCUT2D eigenvalue weighted by Crippen LogP contribution is 2.31. The van der Waals surface area contributed by atoms with Crippen LogP contribution in [-0.2, 0) is 0 Å². The van der Waals surface area contributed by atoms with Gasteiger partial charge in [-0.2, -0.15) is 0 Å². The molecule has 0 bridgehead atoms. The molecule has 0 aliphatic carbocycles. The van der Waals surface area contributed by atoms with Gasteiger partial charge in [-0.1, -0.05) is 12.1 Å². The van der Waals surface area contributed by atoms with Crippen LogP contribution in [0.5, 0.6) is 0 Å². The van der Waals surface area contributed by atoms with Crippen molar-refractivity contribution in [1.82, 2.24) is 15.0 Å². The molecule has 144 valence electrons. The lowest BCUT2D eigenvalue weighted by molar-refractivity contribution is 0.102. The standard InChI is InChI=1S/C20H13F2N5OS/c21-15-5-4-12(7-16(15)22)19(28)26-13-3-1-2-11(6-13)17-9-29-20(27-17)14-8-24-10-25-18(14)23/h1-10H,(H,26,28)(H2,23,24,25). The van der Waals surface area contributed by atoms with Crippen molar-refractivity contribution in [1.29, 1.82) is 0 Å². The molecule has 0 aliphatic rings. The Morgan fingerprint density at radius 3 is 2.76 bits per heavy atom. The monoisotopic (exact) mass is 409 g/mol. The van der Waals surface area contributed by atoms with Crippen molar-refractivity contribution in [3.63, 3.8) is 0 Å². The topological polar surface area (TPSA) is 93.8 Å². The smallest absolute Gasteiger partial charge is 0.255 e. The number of hydrogen-bond donors (Lipinski definition) is 2. The molecular weight excluding hydrogens is 396 g/mol. The third kappa shape index (κ3) is 3.94. The van der Waals surface area contributed by atoms with Crippen molar-refractivity contribution < 1.29 is 13.6 Å². The van der Waals surface area contributed by atoms with Crippen LogP contribution < -0.4 is 11.1 Å². The Hall–Kier alpha value is -3.72. The molecule has 0 saturated carbocycles. The Bertz CT molecular complexity index is 1210. The van der Waals surface area contributed by atoms with E-state index in [0.29, 0.717) is 27.8 Å². The van der Waals surface area contributed by atoms with Crippen LogP contribution in [0.1, 0.15) is 10.4 Å². The van der Waals surface area contributed by atoms with Gasteiger partial charge in [0.15, 0.2) is 11.6 Å². The lowest BCUT2D eigenvalue weighted by atomic mass is 10.1. The van der Waals surface area contributed by atoms with E-state index in [1.807, 2.05) is 11.4 Å². The normalized spacial score (nSPS) is 10.7. The Kier molecular flexibility index (Phi) is 4.96. The van der Waals surface area contributed by atoms with Crippen LogP contribution in [0.2, 0.25) is 0 Å². The van der Waals surface area contributed by atoms with Gasteiger partial charge in [0.25, 0.3) is 5.91 Å². The van der Waals surface area contributed by atoms with E-state index < -0.39 is 17.5 Å². The van der Waals surface area contributed by atoms with Gasteiger partial charge in [-0.15, -0.1) is 11.3 Å². The number of hydrogen-bond acceptors (Lipinski definition) is 6. The molecule has 0 saturated heterocycles. The first-order valence-electron chi connectivity index (χ1n) is 8.39. The molecule has 0 aliphatic heterocycles. The van der Waals surface area contributed by atoms with Crippen molar-refractivity contribution >= 4 is 28.7 Å². The highest BCUT2D eigenvalue weighted by Gasteiger charge is 2.13. The molecular formula is C20H13F2N5OS. The molecule has 4 rings (SSSR count). The van der Waals surface area contributed by atoms with Crippen molar-refractivity contribution in [3.8, 4) is 21.8 Å². The van der Waals surface area contributed by atoms with E-state index in [-0.39, 0.29) is 5.56 Å². The number of rotatable bonds is 4. The number of benzene rings is 2. The number of nitrogen functional groups attached to an aromatic ring is 1. The minimum Gasteiger partial charge on any atom is -0.383 e. The summed E-state index contributed by atoms with van der Waals surface area (Å²) in [5.74, 6) is -2.29. The summed E-state index contributed by atoms with van der Waals surface area (Å²) < 4.78 is 26.4. The number of carbonyl (C=O) groups is 1. The molecule has 0 unspecified atom stereocenters. The molecule has 1 amide bonds. The van der Waals surface area contributed by atoms with E-state index in [4.69, 9.17) is 5.73 Å². The summed E-state index contributed by atoms with van der Waals surface area (Å²) in [6, 6.07) is 10.0. The predicted octanol–water partition coefficient (Wildman–Crippen LogP) is 4.38. The first kappa shape index (κ1) is 18.6. The number of thiazole rings is 1. The zero-order valence-corrected chi connectivity index (χ0v) is 15.6. The zero-order chi connectivity index (χ0) is 20.4. The first-order valence-corrected chi connectivity index (χ1v) is 9.27. The number of anilines is 2. The molecule has 2 aromatic heterocycles. The quantitative estimate of drug-likeness (QED) is 0.522. The number of halogens is 2. The molecule has 0 radical (unpaired) electrons. The Morgan fingerprint density at radius 2 is 1.97 bits per heavy atom. The summed E-state index contributed by atoms with van der Waals surface area (Å²) in [6.45, 7) is 0. The fourth-order valence-electron chi connectivity index (χ4n) is 2.63. The maximum absolute atomic E-state index is 13.4. The Morgan fingerprint density at radius 1 is 1.10 bits per heavy atom. The van der Waals surface area contributed by atoms with Crippen LogP contribution in [0.25, 0.3) is 21.8 Å². The van der Waals surface area contributed by atoms with E-state index in [2.05, 4.69) is 20.3 Å². The van der Waals surface area contributed by atoms with Crippen LogP contribution in [0, 0.1) is 11.6 Å². The van der Waals surface area contributed by atoms with Gasteiger partial charge in [0, 0.05) is 28.4 Å². The third-order valence-electron chi connectivity index (χ3n) is 4.08. The van der Waals surface area contributed by atoms with Gasteiger partial charge in [0.1, 0.15) is 17.2 Å². The number of nitrogens with two attached hydrogens (primary N) is 1. The van der Waals surface area contributed by atoms with Crippen LogP contribution in [0.4, 0.5) is 20.3 Å². The van der Waals surface area contributed by atoms with Gasteiger partial charge in [0.05, 0.1) is 11.3 Å². The van der Waals surface area contributed by atoms with E-state index in [1.165, 1.54) is 23.7 Å². The summed E-state index contributed by atoms with van der Waals surface area (Å²) in [4.78, 5) is 24.8. The molecule has 9 heteroatoms. The third-order valence-corrected chi connectivity index (χ3v) is 4.95. The second-order valence-corrected chi connectivity index (χ2v) is 6.88. The SMILES string of the molecule is Nc1ncncc1-c1nc(-c2cccc(NC(=O)c3ccc(F)c(F)c3)c2)cs1. The predicted molar refractivity (Wildman–Crippen MR) is 107 cm³/mol. The summed E-state index contributed by atoms with van der Waals surface area (Å²) in [6.07, 6.45) is 2.97. The van der Waals surface area contributed by atoms with Crippen LogP contribution in [-0.4, -0.2) is 20.9 Å². The highest BCUT2D eigenvalue weighted by molar-refractivity contribution is 7.13. The fraction of sp³-hybridized carbons (Fsp3) is 0. The van der Waals surface area contributed by atoms with Crippen molar-refractivity contribution in [3.05, 3.63) is 77.6 Å². The molecule has 0 atom stereocenters. The number of amides is 1. The van der Waals surface area contributed by atoms with Gasteiger partial charge >= 0.3 is 0 Å². The number of carbonyl (C=O) groups excluding carboxylic acids is 1. The van der Waals surface area contributed by atoms with Gasteiger partial charge in [-0.05, 0) is 30.3 Å². The lowest BCUT2D eigenvalue weighted by Gasteiger charge is -2.07. The average molecular weight is 409 g/mol. The minimum absolute atomic E-state index is 0.0183. The van der Waals surface area contributed by atoms with Gasteiger partial charge < -0.3 is 11.1 Å². The van der Waals surface area contributed by atoms with Crippen molar-refractivity contribution in [2.24, 2.45) is 0 Å². The maximum atomic E-state index is 13.4. The number of nitrogens with one attached hydrogen (secondary N) is 1. The average Bonchev–Trinajstić information content (AvgIpc) is 3.20. The molecule has 0 fully saturated rings. The van der Waals surface area contributed by atoms with Crippen LogP contribution in [0.15, 0.2) is 60.4 Å². The van der Waals surface area contributed by atoms with E-state index in [0.717, 1.165) is 17.7 Å². The largest absolute Gasteiger partial charge is 0.383 e. The second kappa shape index (κ2) is 7.72. The second-order valence-electron chi connectivity index (χ2n) is 6.02. The molecule has 2 aromatic carbocycles. The molecule has 0 spiro atoms. The number of aromatic nitrogens is 3. The van der Waals surface area contributed by atoms with E-state index in [1.54, 1.807) is 24.4 Å². The Balaban J connectivity index is 1.57. The molecule has 2 heterocycles. The first-order chi connectivity index (χ1) is 14.0. The summed E-state index contributed by atoms with van der Waals surface area (Å²) in [7, 11) is 0. The zero-order valence-electron chi connectivity index (χ0n) is 14.8.